The summed E-state index contributed by atoms with van der Waals surface area (Å²) in [4.78, 5) is 0. The van der Waals surface area contributed by atoms with Crippen LogP contribution in [0.1, 0.15) is 45.6 Å². The van der Waals surface area contributed by atoms with Gasteiger partial charge in [-0.25, -0.2) is 0 Å². The molecule has 34 heavy (non-hydrogen) atoms. The van der Waals surface area contributed by atoms with Crippen LogP contribution in [0.3, 0.4) is 0 Å². The predicted octanol–water partition coefficient (Wildman–Crippen LogP) is 2.00. The molecule has 0 aliphatic carbocycles. The largest absolute Gasteiger partial charge is 0.305 e. The molecule has 2 N–H and O–H groups in total. The number of aryl methyl sites for hydroxylation is 8. The van der Waals surface area contributed by atoms with E-state index in [9.17, 15) is 0 Å². The summed E-state index contributed by atoms with van der Waals surface area (Å²) in [6.45, 7) is 14.5. The average Bonchev–Trinajstić information content (AvgIpc) is 3.52. The van der Waals surface area contributed by atoms with Gasteiger partial charge < -0.3 is 10.6 Å². The van der Waals surface area contributed by atoms with Gasteiger partial charge in [0.1, 0.15) is 0 Å². The highest BCUT2D eigenvalue weighted by Crippen LogP contribution is 2.10. The molecule has 4 aromatic heterocycles. The van der Waals surface area contributed by atoms with Crippen LogP contribution in [0.25, 0.3) is 0 Å². The van der Waals surface area contributed by atoms with Gasteiger partial charge in [-0.3, -0.25) is 18.7 Å². The second-order valence-corrected chi connectivity index (χ2v) is 9.21. The van der Waals surface area contributed by atoms with Gasteiger partial charge >= 0.3 is 0 Å². The van der Waals surface area contributed by atoms with Crippen LogP contribution in [0.5, 0.6) is 0 Å². The van der Waals surface area contributed by atoms with Crippen molar-refractivity contribution >= 4 is 0 Å². The van der Waals surface area contributed by atoms with Gasteiger partial charge in [0.25, 0.3) is 0 Å². The smallest absolute Gasteiger partial charge is 0.0765 e. The zero-order valence-electron chi connectivity index (χ0n) is 20.5. The van der Waals surface area contributed by atoms with Crippen LogP contribution in [0.2, 0.25) is 0 Å². The van der Waals surface area contributed by atoms with E-state index in [4.69, 9.17) is 20.4 Å². The van der Waals surface area contributed by atoms with Crippen LogP contribution >= 0.6 is 0 Å². The lowest BCUT2D eigenvalue weighted by atomic mass is 10.3. The molecule has 180 valence electrons. The van der Waals surface area contributed by atoms with Gasteiger partial charge in [-0.2, -0.15) is 20.4 Å². The summed E-state index contributed by atoms with van der Waals surface area (Å²) < 4.78 is 8.28. The second kappa shape index (κ2) is 9.55. The third kappa shape index (κ3) is 4.97. The van der Waals surface area contributed by atoms with Gasteiger partial charge in [0, 0.05) is 49.0 Å². The molecule has 10 nitrogen and oxygen atoms in total. The molecule has 4 aromatic rings. The van der Waals surface area contributed by atoms with E-state index in [2.05, 4.69) is 81.3 Å². The maximum atomic E-state index is 4.79. The Kier molecular flexibility index (Phi) is 6.34. The van der Waals surface area contributed by atoms with E-state index in [-0.39, 0.29) is 0 Å². The molecule has 8 bridgehead atoms. The molecule has 0 saturated carbocycles. The van der Waals surface area contributed by atoms with E-state index in [1.165, 1.54) is 0 Å². The molecule has 0 atom stereocenters. The van der Waals surface area contributed by atoms with Crippen molar-refractivity contribution in [2.24, 2.45) is 0 Å². The van der Waals surface area contributed by atoms with Crippen LogP contribution < -0.4 is 10.6 Å². The van der Waals surface area contributed by atoms with E-state index in [1.807, 2.05) is 0 Å². The van der Waals surface area contributed by atoms with Crippen molar-refractivity contribution in [3.8, 4) is 0 Å². The fraction of sp³-hybridized carbons (Fsp3) is 0.500. The molecule has 1 aliphatic heterocycles. The molecule has 0 unspecified atom stereocenters. The molecule has 10 heteroatoms. The Balaban J connectivity index is 1.36. The molecule has 5 heterocycles. The summed E-state index contributed by atoms with van der Waals surface area (Å²) in [5, 5.41) is 26.2. The molecule has 0 saturated heterocycles. The van der Waals surface area contributed by atoms with E-state index < -0.39 is 0 Å². The molecule has 0 spiro atoms. The molecular weight excluding hydrogens is 428 g/mol. The fourth-order valence-corrected chi connectivity index (χ4v) is 4.58. The number of rotatable bonds is 0. The van der Waals surface area contributed by atoms with Gasteiger partial charge in [-0.05, 0) is 52.0 Å². The topological polar surface area (TPSA) is 95.3 Å². The third-order valence-corrected chi connectivity index (χ3v) is 6.40. The summed E-state index contributed by atoms with van der Waals surface area (Å²) in [6, 6.07) is 8.60. The third-order valence-electron chi connectivity index (χ3n) is 6.40. The van der Waals surface area contributed by atoms with Crippen molar-refractivity contribution in [3.63, 3.8) is 0 Å². The minimum atomic E-state index is 0.714. The predicted molar refractivity (Wildman–Crippen MR) is 129 cm³/mol. The van der Waals surface area contributed by atoms with Crippen molar-refractivity contribution in [2.75, 3.05) is 0 Å². The zero-order chi connectivity index (χ0) is 23.7. The number of hydrogen-bond acceptors (Lipinski definition) is 6. The fourth-order valence-electron chi connectivity index (χ4n) is 4.58. The molecule has 0 fully saturated rings. The summed E-state index contributed by atoms with van der Waals surface area (Å²) in [5.74, 6) is 0. The second-order valence-electron chi connectivity index (χ2n) is 9.21. The molecule has 1 aliphatic rings. The Hall–Kier alpha value is -3.24. The standard InChI is InChI=1S/C24H34N10/c1-17-9-21-13-25-14-22-11-19(3)33(29-22)7-8-34-20(4)12-24(30-34)16-26-15-23-10-18(2)32(28-23)6-5-31(17)27-21/h9-12,25-26H,5-8,13-16H2,1-4H3. The van der Waals surface area contributed by atoms with Crippen LogP contribution in [-0.4, -0.2) is 39.1 Å². The Morgan fingerprint density at radius 3 is 0.941 bits per heavy atom. The van der Waals surface area contributed by atoms with Crippen molar-refractivity contribution in [3.05, 3.63) is 69.8 Å². The Morgan fingerprint density at radius 2 is 0.706 bits per heavy atom. The average molecular weight is 463 g/mol. The van der Waals surface area contributed by atoms with Crippen molar-refractivity contribution < 1.29 is 0 Å². The van der Waals surface area contributed by atoms with Gasteiger partial charge in [0.05, 0.1) is 49.0 Å². The highest BCUT2D eigenvalue weighted by atomic mass is 15.4. The number of nitrogens with zero attached hydrogens (tertiary/aromatic N) is 8. The first kappa shape index (κ1) is 22.5. The lowest BCUT2D eigenvalue weighted by Gasteiger charge is -2.07. The minimum absolute atomic E-state index is 0.714. The first-order valence-electron chi connectivity index (χ1n) is 12.0. The molecular formula is C24H34N10. The number of aromatic nitrogens is 8. The molecule has 0 amide bonds. The van der Waals surface area contributed by atoms with Gasteiger partial charge in [-0.1, -0.05) is 0 Å². The highest BCUT2D eigenvalue weighted by molar-refractivity contribution is 5.13. The SMILES string of the molecule is Cc1cc2nn1CCn1nc(cc1C)CNCc1cc(C)n(n1)CCn1nc(cc1C)CNC2. The van der Waals surface area contributed by atoms with E-state index in [1.54, 1.807) is 0 Å². The lowest BCUT2D eigenvalue weighted by Crippen LogP contribution is -2.17. The molecule has 0 radical (unpaired) electrons. The normalized spacial score (nSPS) is 15.6. The van der Waals surface area contributed by atoms with Crippen LogP contribution in [0.4, 0.5) is 0 Å². The van der Waals surface area contributed by atoms with Crippen LogP contribution in [0.15, 0.2) is 24.3 Å². The maximum Gasteiger partial charge on any atom is 0.0765 e. The Morgan fingerprint density at radius 1 is 0.471 bits per heavy atom. The number of nitrogens with one attached hydrogen (secondary N) is 2. The van der Waals surface area contributed by atoms with Gasteiger partial charge in [0.2, 0.25) is 0 Å². The number of hydrogen-bond donors (Lipinski definition) is 2. The first-order chi connectivity index (χ1) is 16.4. The van der Waals surface area contributed by atoms with E-state index in [0.717, 1.165) is 71.7 Å². The quantitative estimate of drug-likeness (QED) is 0.415. The Labute approximate surface area is 200 Å². The van der Waals surface area contributed by atoms with Crippen molar-refractivity contribution in [1.82, 2.24) is 49.8 Å². The summed E-state index contributed by atoms with van der Waals surface area (Å²) >= 11 is 0. The molecule has 5 rings (SSSR count). The van der Waals surface area contributed by atoms with Crippen LogP contribution in [-0.2, 0) is 52.4 Å². The van der Waals surface area contributed by atoms with Gasteiger partial charge in [0.15, 0.2) is 0 Å². The van der Waals surface area contributed by atoms with Crippen molar-refractivity contribution in [2.45, 2.75) is 80.1 Å². The number of fused-ring (bicyclic) bond motifs is 8. The summed E-state index contributed by atoms with van der Waals surface area (Å²) in [5.41, 5.74) is 8.83. The highest BCUT2D eigenvalue weighted by Gasteiger charge is 2.11. The maximum absolute atomic E-state index is 4.79. The monoisotopic (exact) mass is 462 g/mol. The summed E-state index contributed by atoms with van der Waals surface area (Å²) in [7, 11) is 0. The summed E-state index contributed by atoms with van der Waals surface area (Å²) in [6.07, 6.45) is 0. The van der Waals surface area contributed by atoms with Crippen molar-refractivity contribution in [1.29, 1.82) is 0 Å². The lowest BCUT2D eigenvalue weighted by molar-refractivity contribution is 0.471. The van der Waals surface area contributed by atoms with E-state index in [0.29, 0.717) is 26.2 Å². The van der Waals surface area contributed by atoms with E-state index >= 15 is 0 Å². The minimum Gasteiger partial charge on any atom is -0.305 e. The molecule has 0 aromatic carbocycles. The zero-order valence-corrected chi connectivity index (χ0v) is 20.5. The first-order valence-corrected chi connectivity index (χ1v) is 12.0. The van der Waals surface area contributed by atoms with Crippen LogP contribution in [0, 0.1) is 27.7 Å². The Bertz CT molecular complexity index is 1080. The van der Waals surface area contributed by atoms with Gasteiger partial charge in [-0.15, -0.1) is 0 Å².